The maximum atomic E-state index is 13.7. The Morgan fingerprint density at radius 3 is 2.95 bits per heavy atom. The fourth-order valence-electron chi connectivity index (χ4n) is 2.49. The molecule has 0 spiro atoms. The van der Waals surface area contributed by atoms with Crippen molar-refractivity contribution in [3.8, 4) is 0 Å². The molecule has 110 valence electrons. The maximum absolute atomic E-state index is 13.7. The molecule has 1 heterocycles. The fourth-order valence-corrected chi connectivity index (χ4v) is 2.49. The number of anilines is 1. The van der Waals surface area contributed by atoms with Crippen molar-refractivity contribution >= 4 is 11.7 Å². The predicted molar refractivity (Wildman–Crippen MR) is 73.7 cm³/mol. The van der Waals surface area contributed by atoms with Gasteiger partial charge in [-0.3, -0.25) is 4.79 Å². The second-order valence-electron chi connectivity index (χ2n) is 5.58. The number of nitrogens with one attached hydrogen (secondary N) is 1. The maximum Gasteiger partial charge on any atom is 0.254 e. The Morgan fingerprint density at radius 1 is 1.65 bits per heavy atom. The molecule has 1 aliphatic rings. The number of amides is 1. The summed E-state index contributed by atoms with van der Waals surface area (Å²) in [6.45, 7) is 6.64. The van der Waals surface area contributed by atoms with E-state index in [9.17, 15) is 9.18 Å². The number of rotatable bonds is 4. The molecule has 0 radical (unpaired) electrons. The molecular formula is C14H20FN3O2. The van der Waals surface area contributed by atoms with E-state index in [2.05, 4.69) is 10.3 Å². The second kappa shape index (κ2) is 5.36. The number of nitrogen functional groups attached to an aromatic ring is 1. The molecule has 0 aliphatic heterocycles. The highest BCUT2D eigenvalue weighted by molar-refractivity contribution is 5.95. The van der Waals surface area contributed by atoms with E-state index in [1.807, 2.05) is 20.8 Å². The monoisotopic (exact) mass is 281 g/mol. The van der Waals surface area contributed by atoms with Gasteiger partial charge in [-0.15, -0.1) is 0 Å². The van der Waals surface area contributed by atoms with E-state index in [0.29, 0.717) is 6.61 Å². The zero-order chi connectivity index (χ0) is 14.9. The quantitative estimate of drug-likeness (QED) is 0.881. The number of carbonyl (C=O) groups excluding carboxylic acids is 1. The second-order valence-corrected chi connectivity index (χ2v) is 5.58. The summed E-state index contributed by atoms with van der Waals surface area (Å²) < 4.78 is 19.3. The third-order valence-electron chi connectivity index (χ3n) is 4.01. The highest BCUT2D eigenvalue weighted by Gasteiger charge is 2.49. The number of nitrogens with zero attached hydrogens (tertiary/aromatic N) is 1. The minimum atomic E-state index is -0.775. The molecule has 0 saturated heterocycles. The van der Waals surface area contributed by atoms with Crippen LogP contribution in [0.15, 0.2) is 12.3 Å². The Bertz CT molecular complexity index is 519. The number of halogens is 1. The molecule has 1 saturated carbocycles. The van der Waals surface area contributed by atoms with Gasteiger partial charge < -0.3 is 15.8 Å². The van der Waals surface area contributed by atoms with Gasteiger partial charge in [0.05, 0.1) is 11.7 Å². The lowest BCUT2D eigenvalue weighted by molar-refractivity contribution is -0.111. The van der Waals surface area contributed by atoms with Gasteiger partial charge in [-0.1, -0.05) is 13.8 Å². The van der Waals surface area contributed by atoms with Crippen LogP contribution in [0.3, 0.4) is 0 Å². The van der Waals surface area contributed by atoms with Crippen LogP contribution in [-0.4, -0.2) is 29.6 Å². The van der Waals surface area contributed by atoms with Crippen molar-refractivity contribution in [1.82, 2.24) is 10.3 Å². The molecule has 2 unspecified atom stereocenters. The van der Waals surface area contributed by atoms with E-state index in [1.54, 1.807) is 0 Å². The van der Waals surface area contributed by atoms with E-state index in [1.165, 1.54) is 12.3 Å². The first kappa shape index (κ1) is 14.7. The summed E-state index contributed by atoms with van der Waals surface area (Å²) in [4.78, 5) is 15.7. The third kappa shape index (κ3) is 2.47. The zero-order valence-corrected chi connectivity index (χ0v) is 11.9. The number of hydrogen-bond acceptors (Lipinski definition) is 4. The van der Waals surface area contributed by atoms with Crippen LogP contribution in [0.5, 0.6) is 0 Å². The number of nitrogens with two attached hydrogens (primary N) is 1. The van der Waals surface area contributed by atoms with Crippen molar-refractivity contribution in [3.63, 3.8) is 0 Å². The van der Waals surface area contributed by atoms with Gasteiger partial charge in [0.1, 0.15) is 0 Å². The molecule has 0 aromatic carbocycles. The molecule has 5 nitrogen and oxygen atoms in total. The zero-order valence-electron chi connectivity index (χ0n) is 11.9. The van der Waals surface area contributed by atoms with Crippen molar-refractivity contribution in [2.75, 3.05) is 12.3 Å². The number of pyridine rings is 1. The summed E-state index contributed by atoms with van der Waals surface area (Å²) in [5, 5.41) is 2.84. The topological polar surface area (TPSA) is 77.2 Å². The van der Waals surface area contributed by atoms with Crippen LogP contribution >= 0.6 is 0 Å². The highest BCUT2D eigenvalue weighted by Crippen LogP contribution is 2.42. The summed E-state index contributed by atoms with van der Waals surface area (Å²) in [7, 11) is 0. The number of ether oxygens (including phenoxy) is 1. The van der Waals surface area contributed by atoms with Crippen LogP contribution in [0, 0.1) is 11.2 Å². The van der Waals surface area contributed by atoms with Crippen LogP contribution in [0.2, 0.25) is 0 Å². The number of carbonyl (C=O) groups is 1. The SMILES string of the molecule is CCOC1CC(NC(=O)c2ccnc(N)c2F)C1(C)C. The smallest absolute Gasteiger partial charge is 0.254 e. The molecule has 1 amide bonds. The minimum Gasteiger partial charge on any atom is -0.381 e. The van der Waals surface area contributed by atoms with E-state index in [0.717, 1.165) is 6.42 Å². The van der Waals surface area contributed by atoms with Crippen molar-refractivity contribution in [3.05, 3.63) is 23.6 Å². The van der Waals surface area contributed by atoms with Gasteiger partial charge in [-0.2, -0.15) is 0 Å². The van der Waals surface area contributed by atoms with Crippen LogP contribution in [-0.2, 0) is 4.74 Å². The first-order chi connectivity index (χ1) is 9.37. The van der Waals surface area contributed by atoms with Crippen molar-refractivity contribution in [1.29, 1.82) is 0 Å². The average Bonchev–Trinajstić information content (AvgIpc) is 2.40. The lowest BCUT2D eigenvalue weighted by Crippen LogP contribution is -2.62. The summed E-state index contributed by atoms with van der Waals surface area (Å²) >= 11 is 0. The highest BCUT2D eigenvalue weighted by atomic mass is 19.1. The lowest BCUT2D eigenvalue weighted by atomic mass is 9.64. The van der Waals surface area contributed by atoms with Crippen LogP contribution in [0.4, 0.5) is 10.2 Å². The Balaban J connectivity index is 2.05. The minimum absolute atomic E-state index is 0.0414. The van der Waals surface area contributed by atoms with Gasteiger partial charge >= 0.3 is 0 Å². The van der Waals surface area contributed by atoms with E-state index in [4.69, 9.17) is 10.5 Å². The lowest BCUT2D eigenvalue weighted by Gasteiger charge is -2.51. The molecule has 1 aliphatic carbocycles. The van der Waals surface area contributed by atoms with E-state index in [-0.39, 0.29) is 28.9 Å². The molecule has 0 bridgehead atoms. The molecule has 2 rings (SSSR count). The average molecular weight is 281 g/mol. The Morgan fingerprint density at radius 2 is 2.35 bits per heavy atom. The largest absolute Gasteiger partial charge is 0.381 e. The van der Waals surface area contributed by atoms with Gasteiger partial charge in [0.15, 0.2) is 11.6 Å². The summed E-state index contributed by atoms with van der Waals surface area (Å²) in [5.41, 5.74) is 5.12. The molecule has 1 aromatic heterocycles. The van der Waals surface area contributed by atoms with Crippen molar-refractivity contribution in [2.24, 2.45) is 5.41 Å². The number of aromatic nitrogens is 1. The molecule has 1 aromatic rings. The first-order valence-electron chi connectivity index (χ1n) is 6.70. The van der Waals surface area contributed by atoms with Crippen LogP contribution < -0.4 is 11.1 Å². The molecular weight excluding hydrogens is 261 g/mol. The summed E-state index contributed by atoms with van der Waals surface area (Å²) in [5.74, 6) is -1.51. The third-order valence-corrected chi connectivity index (χ3v) is 4.01. The van der Waals surface area contributed by atoms with Crippen LogP contribution in [0.25, 0.3) is 0 Å². The fraction of sp³-hybridized carbons (Fsp3) is 0.571. The Labute approximate surface area is 117 Å². The van der Waals surface area contributed by atoms with Crippen LogP contribution in [0.1, 0.15) is 37.6 Å². The number of hydrogen-bond donors (Lipinski definition) is 2. The first-order valence-corrected chi connectivity index (χ1v) is 6.70. The van der Waals surface area contributed by atoms with Gasteiger partial charge in [-0.05, 0) is 19.4 Å². The standard InChI is InChI=1S/C14H20FN3O2/c1-4-20-10-7-9(14(10,2)3)18-13(19)8-5-6-17-12(16)11(8)15/h5-6,9-10H,4,7H2,1-3H3,(H2,16,17)(H,18,19). The van der Waals surface area contributed by atoms with Gasteiger partial charge in [0, 0.05) is 24.3 Å². The van der Waals surface area contributed by atoms with Gasteiger partial charge in [0.25, 0.3) is 5.91 Å². The Kier molecular flexibility index (Phi) is 3.94. The summed E-state index contributed by atoms with van der Waals surface area (Å²) in [6.07, 6.45) is 2.17. The molecule has 2 atom stereocenters. The van der Waals surface area contributed by atoms with Gasteiger partial charge in [0.2, 0.25) is 0 Å². The molecule has 20 heavy (non-hydrogen) atoms. The van der Waals surface area contributed by atoms with E-state index >= 15 is 0 Å². The van der Waals surface area contributed by atoms with E-state index < -0.39 is 11.7 Å². The normalized spacial score (nSPS) is 24.0. The summed E-state index contributed by atoms with van der Waals surface area (Å²) in [6, 6.07) is 1.28. The van der Waals surface area contributed by atoms with Gasteiger partial charge in [-0.25, -0.2) is 9.37 Å². The Hall–Kier alpha value is -1.69. The molecule has 3 N–H and O–H groups in total. The predicted octanol–water partition coefficient (Wildman–Crippen LogP) is 1.74. The molecule has 1 fully saturated rings. The van der Waals surface area contributed by atoms with Crippen molar-refractivity contribution in [2.45, 2.75) is 39.3 Å². The van der Waals surface area contributed by atoms with Crippen molar-refractivity contribution < 1.29 is 13.9 Å². The molecule has 6 heteroatoms.